The van der Waals surface area contributed by atoms with E-state index in [9.17, 15) is 0 Å². The Labute approximate surface area is 130 Å². The number of ether oxygens (including phenoxy) is 3. The van der Waals surface area contributed by atoms with E-state index in [1.807, 2.05) is 30.3 Å². The van der Waals surface area contributed by atoms with E-state index in [1.165, 1.54) is 0 Å². The summed E-state index contributed by atoms with van der Waals surface area (Å²) in [7, 11) is 5.00. The zero-order chi connectivity index (χ0) is 15.5. The quantitative estimate of drug-likeness (QED) is 0.707. The third-order valence-corrected chi connectivity index (χ3v) is 3.77. The second-order valence-corrected chi connectivity index (χ2v) is 4.99. The zero-order valence-corrected chi connectivity index (χ0v) is 12.9. The van der Waals surface area contributed by atoms with Crippen LogP contribution in [0.5, 0.6) is 17.2 Å². The van der Waals surface area contributed by atoms with Gasteiger partial charge in [0.2, 0.25) is 0 Å². The molecule has 22 heavy (non-hydrogen) atoms. The SMILES string of the molecule is COc1ccc(-c2ccc3cc(OC)ccc3c2)c(OC)c1. The van der Waals surface area contributed by atoms with E-state index in [1.54, 1.807) is 21.3 Å². The van der Waals surface area contributed by atoms with Crippen molar-refractivity contribution in [1.29, 1.82) is 0 Å². The normalized spacial score (nSPS) is 10.5. The molecule has 112 valence electrons. The first-order valence-corrected chi connectivity index (χ1v) is 7.05. The zero-order valence-electron chi connectivity index (χ0n) is 12.9. The molecule has 0 saturated heterocycles. The first-order chi connectivity index (χ1) is 10.7. The number of rotatable bonds is 4. The summed E-state index contributed by atoms with van der Waals surface area (Å²) in [4.78, 5) is 0. The molecule has 3 aromatic carbocycles. The summed E-state index contributed by atoms with van der Waals surface area (Å²) in [6.45, 7) is 0. The van der Waals surface area contributed by atoms with Crippen LogP contribution in [0.3, 0.4) is 0 Å². The minimum Gasteiger partial charge on any atom is -0.497 e. The van der Waals surface area contributed by atoms with Crippen molar-refractivity contribution >= 4 is 10.8 Å². The molecular formula is C19H18O3. The van der Waals surface area contributed by atoms with Crippen molar-refractivity contribution in [2.24, 2.45) is 0 Å². The van der Waals surface area contributed by atoms with Gasteiger partial charge in [-0.25, -0.2) is 0 Å². The Bertz CT molecular complexity index is 809. The van der Waals surface area contributed by atoms with Crippen molar-refractivity contribution in [3.8, 4) is 28.4 Å². The van der Waals surface area contributed by atoms with Gasteiger partial charge in [-0.2, -0.15) is 0 Å². The van der Waals surface area contributed by atoms with Gasteiger partial charge in [-0.1, -0.05) is 18.2 Å². The van der Waals surface area contributed by atoms with E-state index in [-0.39, 0.29) is 0 Å². The van der Waals surface area contributed by atoms with Crippen LogP contribution in [0.15, 0.2) is 54.6 Å². The minimum absolute atomic E-state index is 0.783. The Morgan fingerprint density at radius 2 is 1.23 bits per heavy atom. The Morgan fingerprint density at radius 3 is 1.95 bits per heavy atom. The highest BCUT2D eigenvalue weighted by atomic mass is 16.5. The van der Waals surface area contributed by atoms with Gasteiger partial charge in [0, 0.05) is 11.6 Å². The van der Waals surface area contributed by atoms with Gasteiger partial charge in [-0.15, -0.1) is 0 Å². The monoisotopic (exact) mass is 294 g/mol. The van der Waals surface area contributed by atoms with Gasteiger partial charge < -0.3 is 14.2 Å². The van der Waals surface area contributed by atoms with Gasteiger partial charge in [0.15, 0.2) is 0 Å². The molecule has 0 aliphatic heterocycles. The van der Waals surface area contributed by atoms with Gasteiger partial charge >= 0.3 is 0 Å². The molecule has 0 aliphatic carbocycles. The van der Waals surface area contributed by atoms with Crippen molar-refractivity contribution in [2.45, 2.75) is 0 Å². The minimum atomic E-state index is 0.783. The molecule has 0 atom stereocenters. The van der Waals surface area contributed by atoms with Gasteiger partial charge in [0.05, 0.1) is 21.3 Å². The van der Waals surface area contributed by atoms with Crippen LogP contribution in [0.25, 0.3) is 21.9 Å². The summed E-state index contributed by atoms with van der Waals surface area (Å²) >= 11 is 0. The smallest absolute Gasteiger partial charge is 0.130 e. The number of fused-ring (bicyclic) bond motifs is 1. The second kappa shape index (κ2) is 5.98. The summed E-state index contributed by atoms with van der Waals surface area (Å²) in [6.07, 6.45) is 0. The molecule has 0 unspecified atom stereocenters. The van der Waals surface area contributed by atoms with Gasteiger partial charge in [-0.3, -0.25) is 0 Å². The fraction of sp³-hybridized carbons (Fsp3) is 0.158. The number of hydrogen-bond donors (Lipinski definition) is 0. The van der Waals surface area contributed by atoms with E-state index in [4.69, 9.17) is 14.2 Å². The summed E-state index contributed by atoms with van der Waals surface area (Å²) in [5, 5.41) is 2.31. The highest BCUT2D eigenvalue weighted by Crippen LogP contribution is 2.35. The molecule has 0 spiro atoms. The van der Waals surface area contributed by atoms with Crippen molar-refractivity contribution in [3.63, 3.8) is 0 Å². The summed E-state index contributed by atoms with van der Waals surface area (Å²) in [5.74, 6) is 2.45. The van der Waals surface area contributed by atoms with E-state index in [0.29, 0.717) is 0 Å². The predicted molar refractivity (Wildman–Crippen MR) is 89.0 cm³/mol. The fourth-order valence-corrected chi connectivity index (χ4v) is 2.56. The number of hydrogen-bond acceptors (Lipinski definition) is 3. The molecule has 0 heterocycles. The second-order valence-electron chi connectivity index (χ2n) is 4.99. The topological polar surface area (TPSA) is 27.7 Å². The third-order valence-electron chi connectivity index (χ3n) is 3.77. The molecule has 0 radical (unpaired) electrons. The first-order valence-electron chi connectivity index (χ1n) is 7.05. The third kappa shape index (κ3) is 2.58. The Balaban J connectivity index is 2.10. The van der Waals surface area contributed by atoms with Gasteiger partial charge in [0.25, 0.3) is 0 Å². The fourth-order valence-electron chi connectivity index (χ4n) is 2.56. The van der Waals surface area contributed by atoms with Crippen LogP contribution >= 0.6 is 0 Å². The maximum absolute atomic E-state index is 5.49. The van der Waals surface area contributed by atoms with Crippen LogP contribution in [0, 0.1) is 0 Å². The van der Waals surface area contributed by atoms with Crippen LogP contribution in [0.1, 0.15) is 0 Å². The molecule has 3 heteroatoms. The highest BCUT2D eigenvalue weighted by Gasteiger charge is 2.08. The standard InChI is InChI=1S/C19H18O3/c1-20-16-7-6-13-10-15(5-4-14(13)11-16)18-9-8-17(21-2)12-19(18)22-3/h4-12H,1-3H3. The molecule has 3 nitrogen and oxygen atoms in total. The maximum Gasteiger partial charge on any atom is 0.130 e. The molecule has 0 aliphatic rings. The molecule has 0 bridgehead atoms. The van der Waals surface area contributed by atoms with Crippen LogP contribution < -0.4 is 14.2 Å². The highest BCUT2D eigenvalue weighted by molar-refractivity contribution is 5.89. The average molecular weight is 294 g/mol. The van der Waals surface area contributed by atoms with E-state index in [2.05, 4.69) is 24.3 Å². The summed E-state index contributed by atoms with van der Waals surface area (Å²) in [6, 6.07) is 18.3. The van der Waals surface area contributed by atoms with Crippen LogP contribution in [-0.4, -0.2) is 21.3 Å². The van der Waals surface area contributed by atoms with Crippen molar-refractivity contribution in [1.82, 2.24) is 0 Å². The van der Waals surface area contributed by atoms with Crippen LogP contribution in [0.4, 0.5) is 0 Å². The van der Waals surface area contributed by atoms with E-state index < -0.39 is 0 Å². The Morgan fingerprint density at radius 1 is 0.591 bits per heavy atom. The molecule has 0 N–H and O–H groups in total. The largest absolute Gasteiger partial charge is 0.497 e. The van der Waals surface area contributed by atoms with Crippen molar-refractivity contribution < 1.29 is 14.2 Å². The molecule has 3 aromatic rings. The lowest BCUT2D eigenvalue weighted by atomic mass is 10.00. The van der Waals surface area contributed by atoms with E-state index >= 15 is 0 Å². The first kappa shape index (κ1) is 14.3. The molecule has 0 saturated carbocycles. The molecule has 0 amide bonds. The average Bonchev–Trinajstić information content (AvgIpc) is 2.60. The lowest BCUT2D eigenvalue weighted by Gasteiger charge is -2.11. The lowest BCUT2D eigenvalue weighted by molar-refractivity contribution is 0.395. The van der Waals surface area contributed by atoms with Crippen molar-refractivity contribution in [3.05, 3.63) is 54.6 Å². The molecule has 0 fully saturated rings. The van der Waals surface area contributed by atoms with Crippen molar-refractivity contribution in [2.75, 3.05) is 21.3 Å². The maximum atomic E-state index is 5.49. The van der Waals surface area contributed by atoms with Crippen LogP contribution in [0.2, 0.25) is 0 Å². The molecule has 0 aromatic heterocycles. The predicted octanol–water partition coefficient (Wildman–Crippen LogP) is 4.53. The Kier molecular flexibility index (Phi) is 3.88. The van der Waals surface area contributed by atoms with Gasteiger partial charge in [-0.05, 0) is 46.7 Å². The van der Waals surface area contributed by atoms with Crippen LogP contribution in [-0.2, 0) is 0 Å². The summed E-state index contributed by atoms with van der Waals surface area (Å²) < 4.78 is 16.0. The summed E-state index contributed by atoms with van der Waals surface area (Å²) in [5.41, 5.74) is 2.15. The Hall–Kier alpha value is -2.68. The molecule has 3 rings (SSSR count). The number of methoxy groups -OCH3 is 3. The molecular weight excluding hydrogens is 276 g/mol. The number of benzene rings is 3. The lowest BCUT2D eigenvalue weighted by Crippen LogP contribution is -1.90. The van der Waals surface area contributed by atoms with E-state index in [0.717, 1.165) is 39.1 Å². The van der Waals surface area contributed by atoms with Gasteiger partial charge in [0.1, 0.15) is 17.2 Å².